The standard InChI is InChI=1S/C14H28N2/c1-2-12-6-8-14(9-7-12)16(11-10-15)13-4-3-5-13/h12-14H,2-11,15H2,1H3. The summed E-state index contributed by atoms with van der Waals surface area (Å²) in [6.07, 6.45) is 11.4. The lowest BCUT2D eigenvalue weighted by Gasteiger charge is -2.45. The van der Waals surface area contributed by atoms with Crippen LogP contribution in [0.2, 0.25) is 0 Å². The van der Waals surface area contributed by atoms with Crippen LogP contribution in [0.25, 0.3) is 0 Å². The minimum absolute atomic E-state index is 0.838. The first-order valence-electron chi connectivity index (χ1n) is 7.31. The molecular formula is C14H28N2. The molecule has 2 nitrogen and oxygen atoms in total. The molecule has 16 heavy (non-hydrogen) atoms. The van der Waals surface area contributed by atoms with Gasteiger partial charge in [-0.15, -0.1) is 0 Å². The highest BCUT2D eigenvalue weighted by Gasteiger charge is 2.32. The monoisotopic (exact) mass is 224 g/mol. The first kappa shape index (κ1) is 12.4. The molecule has 0 radical (unpaired) electrons. The van der Waals surface area contributed by atoms with E-state index in [2.05, 4.69) is 11.8 Å². The lowest BCUT2D eigenvalue weighted by molar-refractivity contribution is 0.0537. The highest BCUT2D eigenvalue weighted by molar-refractivity contribution is 4.87. The Kier molecular flexibility index (Phi) is 4.66. The highest BCUT2D eigenvalue weighted by atomic mass is 15.2. The van der Waals surface area contributed by atoms with Gasteiger partial charge in [0, 0.05) is 25.2 Å². The molecule has 0 heterocycles. The van der Waals surface area contributed by atoms with Gasteiger partial charge in [-0.05, 0) is 44.4 Å². The van der Waals surface area contributed by atoms with Crippen molar-refractivity contribution in [2.24, 2.45) is 11.7 Å². The van der Waals surface area contributed by atoms with Crippen molar-refractivity contribution in [3.8, 4) is 0 Å². The molecule has 0 bridgehead atoms. The number of hydrogen-bond donors (Lipinski definition) is 1. The Balaban J connectivity index is 1.83. The molecule has 0 aromatic rings. The van der Waals surface area contributed by atoms with Crippen molar-refractivity contribution in [3.63, 3.8) is 0 Å². The fraction of sp³-hybridized carbons (Fsp3) is 1.00. The summed E-state index contributed by atoms with van der Waals surface area (Å²) in [7, 11) is 0. The van der Waals surface area contributed by atoms with E-state index in [1.807, 2.05) is 0 Å². The van der Waals surface area contributed by atoms with Crippen LogP contribution < -0.4 is 5.73 Å². The molecule has 0 spiro atoms. The highest BCUT2D eigenvalue weighted by Crippen LogP contribution is 2.34. The van der Waals surface area contributed by atoms with Crippen molar-refractivity contribution in [2.45, 2.75) is 70.4 Å². The minimum Gasteiger partial charge on any atom is -0.329 e. The normalized spacial score (nSPS) is 31.7. The summed E-state index contributed by atoms with van der Waals surface area (Å²) < 4.78 is 0. The Morgan fingerprint density at radius 2 is 1.62 bits per heavy atom. The predicted octanol–water partition coefficient (Wildman–Crippen LogP) is 2.77. The molecule has 2 N–H and O–H groups in total. The summed E-state index contributed by atoms with van der Waals surface area (Å²) in [5.41, 5.74) is 5.76. The van der Waals surface area contributed by atoms with Gasteiger partial charge in [-0.3, -0.25) is 4.90 Å². The molecule has 94 valence electrons. The maximum Gasteiger partial charge on any atom is 0.0110 e. The van der Waals surface area contributed by atoms with Crippen molar-refractivity contribution in [3.05, 3.63) is 0 Å². The average molecular weight is 224 g/mol. The van der Waals surface area contributed by atoms with Crippen LogP contribution in [-0.2, 0) is 0 Å². The zero-order chi connectivity index (χ0) is 11.4. The van der Waals surface area contributed by atoms with Crippen LogP contribution in [-0.4, -0.2) is 30.1 Å². The van der Waals surface area contributed by atoms with Gasteiger partial charge in [0.25, 0.3) is 0 Å². The third-order valence-electron chi connectivity index (χ3n) is 4.79. The molecule has 2 rings (SSSR count). The Morgan fingerprint density at radius 3 is 2.06 bits per heavy atom. The third-order valence-corrected chi connectivity index (χ3v) is 4.79. The largest absolute Gasteiger partial charge is 0.329 e. The molecule has 0 unspecified atom stereocenters. The smallest absolute Gasteiger partial charge is 0.0110 e. The van der Waals surface area contributed by atoms with Crippen molar-refractivity contribution in [1.82, 2.24) is 4.90 Å². The summed E-state index contributed by atoms with van der Waals surface area (Å²) in [5.74, 6) is 1.01. The SMILES string of the molecule is CCC1CCC(N(CCN)C2CCC2)CC1. The van der Waals surface area contributed by atoms with Crippen molar-refractivity contribution < 1.29 is 0 Å². The third kappa shape index (κ3) is 2.78. The van der Waals surface area contributed by atoms with E-state index in [1.54, 1.807) is 0 Å². The second-order valence-electron chi connectivity index (χ2n) is 5.69. The maximum absolute atomic E-state index is 5.76. The Hall–Kier alpha value is -0.0800. The second-order valence-corrected chi connectivity index (χ2v) is 5.69. The van der Waals surface area contributed by atoms with E-state index >= 15 is 0 Å². The molecular weight excluding hydrogens is 196 g/mol. The van der Waals surface area contributed by atoms with E-state index in [-0.39, 0.29) is 0 Å². The van der Waals surface area contributed by atoms with Crippen molar-refractivity contribution >= 4 is 0 Å². The van der Waals surface area contributed by atoms with Gasteiger partial charge in [-0.2, -0.15) is 0 Å². The topological polar surface area (TPSA) is 29.3 Å². The molecule has 0 atom stereocenters. The van der Waals surface area contributed by atoms with Gasteiger partial charge in [0.05, 0.1) is 0 Å². The van der Waals surface area contributed by atoms with E-state index in [1.165, 1.54) is 51.4 Å². The van der Waals surface area contributed by atoms with Gasteiger partial charge < -0.3 is 5.73 Å². The minimum atomic E-state index is 0.838. The second kappa shape index (κ2) is 6.02. The van der Waals surface area contributed by atoms with Crippen LogP contribution in [0.3, 0.4) is 0 Å². The molecule has 0 aliphatic heterocycles. The lowest BCUT2D eigenvalue weighted by Crippen LogP contribution is -2.49. The average Bonchev–Trinajstić information content (AvgIpc) is 2.26. The fourth-order valence-electron chi connectivity index (χ4n) is 3.42. The lowest BCUT2D eigenvalue weighted by atomic mass is 9.81. The molecule has 2 heteroatoms. The molecule has 0 saturated heterocycles. The summed E-state index contributed by atoms with van der Waals surface area (Å²) in [4.78, 5) is 2.75. The molecule has 0 aromatic carbocycles. The maximum atomic E-state index is 5.76. The van der Waals surface area contributed by atoms with E-state index < -0.39 is 0 Å². The van der Waals surface area contributed by atoms with E-state index in [4.69, 9.17) is 5.73 Å². The van der Waals surface area contributed by atoms with Crippen LogP contribution in [0, 0.1) is 5.92 Å². The Bertz CT molecular complexity index is 193. The summed E-state index contributed by atoms with van der Waals surface area (Å²) in [6.45, 7) is 4.31. The molecule has 0 aromatic heterocycles. The predicted molar refractivity (Wildman–Crippen MR) is 69.4 cm³/mol. The van der Waals surface area contributed by atoms with Crippen molar-refractivity contribution in [2.75, 3.05) is 13.1 Å². The Labute approximate surface area is 101 Å². The van der Waals surface area contributed by atoms with Gasteiger partial charge in [-0.1, -0.05) is 19.8 Å². The quantitative estimate of drug-likeness (QED) is 0.778. The van der Waals surface area contributed by atoms with Crippen LogP contribution in [0.4, 0.5) is 0 Å². The van der Waals surface area contributed by atoms with Gasteiger partial charge in [0.1, 0.15) is 0 Å². The zero-order valence-corrected chi connectivity index (χ0v) is 10.8. The summed E-state index contributed by atoms with van der Waals surface area (Å²) >= 11 is 0. The van der Waals surface area contributed by atoms with Gasteiger partial charge in [0.2, 0.25) is 0 Å². The first-order valence-corrected chi connectivity index (χ1v) is 7.31. The Morgan fingerprint density at radius 1 is 1.00 bits per heavy atom. The molecule has 2 fully saturated rings. The van der Waals surface area contributed by atoms with Gasteiger partial charge in [0.15, 0.2) is 0 Å². The summed E-state index contributed by atoms with van der Waals surface area (Å²) in [5, 5.41) is 0. The van der Waals surface area contributed by atoms with E-state index in [9.17, 15) is 0 Å². The molecule has 2 saturated carbocycles. The van der Waals surface area contributed by atoms with Crippen LogP contribution in [0.15, 0.2) is 0 Å². The van der Waals surface area contributed by atoms with Gasteiger partial charge >= 0.3 is 0 Å². The van der Waals surface area contributed by atoms with E-state index in [0.29, 0.717) is 0 Å². The first-order chi connectivity index (χ1) is 7.85. The van der Waals surface area contributed by atoms with Crippen LogP contribution in [0.5, 0.6) is 0 Å². The molecule has 2 aliphatic rings. The number of hydrogen-bond acceptors (Lipinski definition) is 2. The summed E-state index contributed by atoms with van der Waals surface area (Å²) in [6, 6.07) is 1.74. The van der Waals surface area contributed by atoms with Crippen LogP contribution in [0.1, 0.15) is 58.3 Å². The van der Waals surface area contributed by atoms with Crippen molar-refractivity contribution in [1.29, 1.82) is 0 Å². The fourth-order valence-corrected chi connectivity index (χ4v) is 3.42. The van der Waals surface area contributed by atoms with Gasteiger partial charge in [-0.25, -0.2) is 0 Å². The zero-order valence-electron chi connectivity index (χ0n) is 10.8. The molecule has 0 amide bonds. The van der Waals surface area contributed by atoms with Crippen LogP contribution >= 0.6 is 0 Å². The number of nitrogens with zero attached hydrogens (tertiary/aromatic N) is 1. The van der Waals surface area contributed by atoms with E-state index in [0.717, 1.165) is 31.1 Å². The number of rotatable bonds is 5. The molecule has 2 aliphatic carbocycles. The number of nitrogens with two attached hydrogens (primary N) is 1.